The summed E-state index contributed by atoms with van der Waals surface area (Å²) in [6.45, 7) is 5.41. The number of rotatable bonds is 3. The lowest BCUT2D eigenvalue weighted by molar-refractivity contribution is -0.138. The first-order chi connectivity index (χ1) is 8.22. The molecular weight excluding hydrogens is 216 g/mol. The van der Waals surface area contributed by atoms with Crippen molar-refractivity contribution in [2.24, 2.45) is 11.8 Å². The van der Waals surface area contributed by atoms with Gasteiger partial charge in [0, 0.05) is 25.6 Å². The fraction of sp³-hybridized carbons (Fsp3) is 0.923. The summed E-state index contributed by atoms with van der Waals surface area (Å²) in [6.07, 6.45) is 3.61. The fourth-order valence-electron chi connectivity index (χ4n) is 3.00. The Balaban J connectivity index is 1.90. The largest absolute Gasteiger partial charge is 0.393 e. The lowest BCUT2D eigenvalue weighted by Crippen LogP contribution is -2.48. The third kappa shape index (κ3) is 2.99. The van der Waals surface area contributed by atoms with Crippen LogP contribution in [0.2, 0.25) is 0 Å². The van der Waals surface area contributed by atoms with E-state index in [9.17, 15) is 9.90 Å². The van der Waals surface area contributed by atoms with Gasteiger partial charge in [0.15, 0.2) is 0 Å². The average molecular weight is 240 g/mol. The first kappa shape index (κ1) is 12.8. The van der Waals surface area contributed by atoms with Crippen LogP contribution in [0, 0.1) is 11.8 Å². The van der Waals surface area contributed by atoms with Crippen molar-refractivity contribution in [2.75, 3.05) is 26.2 Å². The molecule has 0 aromatic carbocycles. The molecule has 0 bridgehead atoms. The topological polar surface area (TPSA) is 52.6 Å². The third-order valence-electron chi connectivity index (χ3n) is 4.07. The molecule has 2 fully saturated rings. The van der Waals surface area contributed by atoms with E-state index in [4.69, 9.17) is 0 Å². The zero-order valence-electron chi connectivity index (χ0n) is 10.7. The number of carbonyl (C=O) groups is 1. The Labute approximate surface area is 103 Å². The summed E-state index contributed by atoms with van der Waals surface area (Å²) in [5.74, 6) is 0.752. The summed E-state index contributed by atoms with van der Waals surface area (Å²) in [5.41, 5.74) is 0. The zero-order chi connectivity index (χ0) is 12.3. The molecule has 2 heterocycles. The van der Waals surface area contributed by atoms with E-state index in [0.29, 0.717) is 5.91 Å². The molecule has 2 aliphatic rings. The van der Waals surface area contributed by atoms with Crippen molar-refractivity contribution in [2.45, 2.75) is 38.7 Å². The monoisotopic (exact) mass is 240 g/mol. The highest BCUT2D eigenvalue weighted by Gasteiger charge is 2.33. The minimum absolute atomic E-state index is 0.174. The SMILES string of the molecule is CCC[C@@H]1CN(C(=O)[C@H]2CCNC2)CC[C@H]1O. The highest BCUT2D eigenvalue weighted by molar-refractivity contribution is 5.79. The molecule has 2 aliphatic heterocycles. The quantitative estimate of drug-likeness (QED) is 0.760. The van der Waals surface area contributed by atoms with Crippen LogP contribution in [0.3, 0.4) is 0 Å². The Morgan fingerprint density at radius 3 is 2.94 bits per heavy atom. The molecule has 2 saturated heterocycles. The molecule has 0 aromatic rings. The van der Waals surface area contributed by atoms with Gasteiger partial charge in [-0.25, -0.2) is 0 Å². The summed E-state index contributed by atoms with van der Waals surface area (Å²) in [5, 5.41) is 13.2. The second kappa shape index (κ2) is 5.83. The zero-order valence-corrected chi connectivity index (χ0v) is 10.7. The van der Waals surface area contributed by atoms with Crippen LogP contribution in [0.25, 0.3) is 0 Å². The van der Waals surface area contributed by atoms with Gasteiger partial charge in [-0.2, -0.15) is 0 Å². The van der Waals surface area contributed by atoms with Gasteiger partial charge in [-0.15, -0.1) is 0 Å². The van der Waals surface area contributed by atoms with Crippen LogP contribution in [0.15, 0.2) is 0 Å². The molecule has 4 heteroatoms. The maximum Gasteiger partial charge on any atom is 0.227 e. The minimum atomic E-state index is -0.208. The average Bonchev–Trinajstić information content (AvgIpc) is 2.85. The predicted molar refractivity (Wildman–Crippen MR) is 66.6 cm³/mol. The molecule has 0 radical (unpaired) electrons. The molecular formula is C13H24N2O2. The minimum Gasteiger partial charge on any atom is -0.393 e. The predicted octanol–water partition coefficient (Wildman–Crippen LogP) is 0.605. The molecule has 98 valence electrons. The number of nitrogens with one attached hydrogen (secondary N) is 1. The Bertz CT molecular complexity index is 264. The number of aliphatic hydroxyl groups is 1. The van der Waals surface area contributed by atoms with Crippen LogP contribution >= 0.6 is 0 Å². The summed E-state index contributed by atoms with van der Waals surface area (Å²) in [4.78, 5) is 14.2. The third-order valence-corrected chi connectivity index (χ3v) is 4.07. The maximum absolute atomic E-state index is 12.3. The molecule has 17 heavy (non-hydrogen) atoms. The molecule has 0 aromatic heterocycles. The molecule has 2 rings (SSSR count). The van der Waals surface area contributed by atoms with E-state index in [1.165, 1.54) is 0 Å². The normalized spacial score (nSPS) is 34.0. The maximum atomic E-state index is 12.3. The van der Waals surface area contributed by atoms with Gasteiger partial charge < -0.3 is 15.3 Å². The van der Waals surface area contributed by atoms with E-state index in [-0.39, 0.29) is 17.9 Å². The number of aliphatic hydroxyl groups excluding tert-OH is 1. The van der Waals surface area contributed by atoms with Crippen molar-refractivity contribution in [1.82, 2.24) is 10.2 Å². The molecule has 0 spiro atoms. The number of amides is 1. The summed E-state index contributed by atoms with van der Waals surface area (Å²) in [7, 11) is 0. The molecule has 0 aliphatic carbocycles. The first-order valence-electron chi connectivity index (χ1n) is 6.90. The van der Waals surface area contributed by atoms with Crippen LogP contribution in [0.1, 0.15) is 32.6 Å². The van der Waals surface area contributed by atoms with Crippen molar-refractivity contribution in [3.8, 4) is 0 Å². The molecule has 2 N–H and O–H groups in total. The lowest BCUT2D eigenvalue weighted by atomic mass is 9.90. The number of nitrogens with zero attached hydrogens (tertiary/aromatic N) is 1. The van der Waals surface area contributed by atoms with Gasteiger partial charge in [0.1, 0.15) is 0 Å². The molecule has 3 atom stereocenters. The van der Waals surface area contributed by atoms with Crippen molar-refractivity contribution < 1.29 is 9.90 Å². The molecule has 0 unspecified atom stereocenters. The van der Waals surface area contributed by atoms with Crippen LogP contribution in [0.5, 0.6) is 0 Å². The first-order valence-corrected chi connectivity index (χ1v) is 6.90. The smallest absolute Gasteiger partial charge is 0.227 e. The number of hydrogen-bond acceptors (Lipinski definition) is 3. The van der Waals surface area contributed by atoms with Gasteiger partial charge >= 0.3 is 0 Å². The molecule has 1 amide bonds. The highest BCUT2D eigenvalue weighted by Crippen LogP contribution is 2.23. The van der Waals surface area contributed by atoms with Gasteiger partial charge in [0.25, 0.3) is 0 Å². The van der Waals surface area contributed by atoms with E-state index in [1.807, 2.05) is 4.90 Å². The summed E-state index contributed by atoms with van der Waals surface area (Å²) >= 11 is 0. The van der Waals surface area contributed by atoms with Crippen molar-refractivity contribution >= 4 is 5.91 Å². The van der Waals surface area contributed by atoms with Gasteiger partial charge in [0.05, 0.1) is 12.0 Å². The Kier molecular flexibility index (Phi) is 4.40. The molecule has 0 saturated carbocycles. The van der Waals surface area contributed by atoms with Gasteiger partial charge in [0.2, 0.25) is 5.91 Å². The summed E-state index contributed by atoms with van der Waals surface area (Å²) in [6, 6.07) is 0. The van der Waals surface area contributed by atoms with E-state index in [0.717, 1.165) is 51.9 Å². The second-order valence-electron chi connectivity index (χ2n) is 5.38. The van der Waals surface area contributed by atoms with Gasteiger partial charge in [-0.1, -0.05) is 13.3 Å². The van der Waals surface area contributed by atoms with E-state index >= 15 is 0 Å². The fourth-order valence-corrected chi connectivity index (χ4v) is 3.00. The Morgan fingerprint density at radius 2 is 2.29 bits per heavy atom. The number of likely N-dealkylation sites (tertiary alicyclic amines) is 1. The van der Waals surface area contributed by atoms with E-state index < -0.39 is 0 Å². The van der Waals surface area contributed by atoms with Crippen LogP contribution in [0.4, 0.5) is 0 Å². The summed E-state index contributed by atoms with van der Waals surface area (Å²) < 4.78 is 0. The standard InChI is InChI=1S/C13H24N2O2/c1-2-3-11-9-15(7-5-12(11)16)13(17)10-4-6-14-8-10/h10-12,14,16H,2-9H2,1H3/t10-,11+,12+/m0/s1. The van der Waals surface area contributed by atoms with Crippen molar-refractivity contribution in [1.29, 1.82) is 0 Å². The highest BCUT2D eigenvalue weighted by atomic mass is 16.3. The van der Waals surface area contributed by atoms with E-state index in [1.54, 1.807) is 0 Å². The van der Waals surface area contributed by atoms with Crippen LogP contribution in [-0.2, 0) is 4.79 Å². The number of carbonyl (C=O) groups excluding carboxylic acids is 1. The Hall–Kier alpha value is -0.610. The van der Waals surface area contributed by atoms with Crippen molar-refractivity contribution in [3.63, 3.8) is 0 Å². The number of piperidine rings is 1. The van der Waals surface area contributed by atoms with Crippen molar-refractivity contribution in [3.05, 3.63) is 0 Å². The Morgan fingerprint density at radius 1 is 1.47 bits per heavy atom. The number of hydrogen-bond donors (Lipinski definition) is 2. The van der Waals surface area contributed by atoms with Gasteiger partial charge in [-0.3, -0.25) is 4.79 Å². The van der Waals surface area contributed by atoms with Crippen LogP contribution in [-0.4, -0.2) is 48.2 Å². The van der Waals surface area contributed by atoms with E-state index in [2.05, 4.69) is 12.2 Å². The lowest BCUT2D eigenvalue weighted by Gasteiger charge is -2.37. The molecule has 4 nitrogen and oxygen atoms in total. The van der Waals surface area contributed by atoms with Gasteiger partial charge in [-0.05, 0) is 25.8 Å². The second-order valence-corrected chi connectivity index (χ2v) is 5.38. The van der Waals surface area contributed by atoms with Crippen LogP contribution < -0.4 is 5.32 Å².